The molecule has 3 rings (SSSR count). The maximum Gasteiger partial charge on any atom is 0.325 e. The third-order valence-electron chi connectivity index (χ3n) is 4.50. The number of anilines is 2. The van der Waals surface area contributed by atoms with E-state index in [0.717, 1.165) is 26.2 Å². The highest BCUT2D eigenvalue weighted by atomic mass is 16.4. The van der Waals surface area contributed by atoms with Crippen LogP contribution in [0.15, 0.2) is 4.79 Å². The first-order valence-corrected chi connectivity index (χ1v) is 8.76. The van der Waals surface area contributed by atoms with Crippen molar-refractivity contribution in [2.75, 3.05) is 36.4 Å². The Kier molecular flexibility index (Phi) is 5.32. The summed E-state index contributed by atoms with van der Waals surface area (Å²) in [4.78, 5) is 35.2. The smallest absolute Gasteiger partial charge is 0.325 e. The fourth-order valence-corrected chi connectivity index (χ4v) is 2.95. The number of carboxylic acid groups (broad SMARTS) is 1. The van der Waals surface area contributed by atoms with E-state index in [1.807, 2.05) is 0 Å². The van der Waals surface area contributed by atoms with E-state index in [2.05, 4.69) is 37.3 Å². The lowest BCUT2D eigenvalue weighted by Gasteiger charge is -2.28. The maximum atomic E-state index is 13.0. The molecule has 10 nitrogen and oxygen atoms in total. The normalized spacial score (nSPS) is 15.3. The van der Waals surface area contributed by atoms with Crippen LogP contribution in [0, 0.1) is 11.8 Å². The summed E-state index contributed by atoms with van der Waals surface area (Å²) < 4.78 is 3.09. The fourth-order valence-electron chi connectivity index (χ4n) is 2.95. The molecule has 3 heterocycles. The molecule has 1 saturated heterocycles. The zero-order valence-corrected chi connectivity index (χ0v) is 15.6. The van der Waals surface area contributed by atoms with Crippen molar-refractivity contribution in [3.63, 3.8) is 0 Å². The van der Waals surface area contributed by atoms with E-state index < -0.39 is 12.0 Å². The van der Waals surface area contributed by atoms with Crippen molar-refractivity contribution in [2.24, 2.45) is 7.05 Å². The molecule has 0 amide bonds. The third-order valence-corrected chi connectivity index (χ3v) is 4.50. The average molecular weight is 373 g/mol. The highest BCUT2D eigenvalue weighted by molar-refractivity contribution is 5.78. The molecule has 144 valence electrons. The summed E-state index contributed by atoms with van der Waals surface area (Å²) in [5.41, 5.74) is 0.346. The number of aliphatic carboxylic acids is 1. The monoisotopic (exact) mass is 373 g/mol. The number of nitrogens with one attached hydrogen (secondary N) is 2. The predicted octanol–water partition coefficient (Wildman–Crippen LogP) is -0.552. The van der Waals surface area contributed by atoms with Crippen LogP contribution in [0.3, 0.4) is 0 Å². The summed E-state index contributed by atoms with van der Waals surface area (Å²) in [6.07, 6.45) is 0. The van der Waals surface area contributed by atoms with E-state index >= 15 is 0 Å². The van der Waals surface area contributed by atoms with Crippen LogP contribution in [0.4, 0.5) is 11.9 Å². The van der Waals surface area contributed by atoms with Gasteiger partial charge in [-0.1, -0.05) is 5.92 Å². The Labute approximate surface area is 156 Å². The third kappa shape index (κ3) is 3.59. The highest BCUT2D eigenvalue weighted by Gasteiger charge is 2.23. The number of piperazine rings is 1. The molecule has 2 aromatic rings. The predicted molar refractivity (Wildman–Crippen MR) is 102 cm³/mol. The topological polar surface area (TPSA) is 117 Å². The van der Waals surface area contributed by atoms with Crippen LogP contribution >= 0.6 is 0 Å². The summed E-state index contributed by atoms with van der Waals surface area (Å²) in [6, 6.07) is -0.888. The van der Waals surface area contributed by atoms with Gasteiger partial charge in [-0.15, -0.1) is 5.92 Å². The van der Waals surface area contributed by atoms with Gasteiger partial charge in [-0.05, 0) is 13.8 Å². The van der Waals surface area contributed by atoms with E-state index in [-0.39, 0.29) is 17.2 Å². The summed E-state index contributed by atoms with van der Waals surface area (Å²) in [7, 11) is 1.55. The van der Waals surface area contributed by atoms with Crippen LogP contribution in [-0.4, -0.2) is 62.4 Å². The Morgan fingerprint density at radius 3 is 2.70 bits per heavy atom. The van der Waals surface area contributed by atoms with E-state index in [4.69, 9.17) is 5.11 Å². The first kappa shape index (κ1) is 18.7. The van der Waals surface area contributed by atoms with Gasteiger partial charge >= 0.3 is 5.97 Å². The number of imidazole rings is 1. The van der Waals surface area contributed by atoms with E-state index in [1.54, 1.807) is 18.5 Å². The zero-order chi connectivity index (χ0) is 19.6. The zero-order valence-electron chi connectivity index (χ0n) is 15.6. The van der Waals surface area contributed by atoms with Gasteiger partial charge in [0.25, 0.3) is 5.56 Å². The van der Waals surface area contributed by atoms with E-state index in [0.29, 0.717) is 18.0 Å². The number of rotatable bonds is 5. The number of fused-ring (bicyclic) bond motifs is 1. The molecule has 0 aromatic carbocycles. The summed E-state index contributed by atoms with van der Waals surface area (Å²) in [5.74, 6) is 5.63. The molecule has 0 unspecified atom stereocenters. The van der Waals surface area contributed by atoms with Gasteiger partial charge in [0, 0.05) is 33.2 Å². The standard InChI is InChI=1S/C17H23N7O3/c1-4-5-8-24-12-13(21-17(24)23-9-6-18-7-10-23)20-16(22(3)14(12)25)19-11(2)15(26)27/h11,18H,6-10H2,1-3H3,(H,19,20)(H,26,27)/t11-/m0/s1. The van der Waals surface area contributed by atoms with Crippen LogP contribution in [0.1, 0.15) is 13.8 Å². The molecule has 0 spiro atoms. The van der Waals surface area contributed by atoms with Crippen LogP contribution in [0.5, 0.6) is 0 Å². The first-order valence-electron chi connectivity index (χ1n) is 8.76. The second-order valence-corrected chi connectivity index (χ2v) is 6.34. The quantitative estimate of drug-likeness (QED) is 0.598. The molecule has 1 aliphatic heterocycles. The minimum Gasteiger partial charge on any atom is -0.480 e. The number of carbonyl (C=O) groups is 1. The van der Waals surface area contributed by atoms with Crippen molar-refractivity contribution in [1.82, 2.24) is 24.4 Å². The summed E-state index contributed by atoms with van der Waals surface area (Å²) >= 11 is 0. The van der Waals surface area contributed by atoms with Crippen molar-refractivity contribution in [1.29, 1.82) is 0 Å². The van der Waals surface area contributed by atoms with Crippen LogP contribution in [0.25, 0.3) is 11.2 Å². The SMILES string of the molecule is CC#CCn1c(N2CCNCC2)nc2nc(N[C@@H](C)C(=O)O)n(C)c(=O)c21. The van der Waals surface area contributed by atoms with Crippen molar-refractivity contribution in [2.45, 2.75) is 26.4 Å². The second-order valence-electron chi connectivity index (χ2n) is 6.34. The Hall–Kier alpha value is -3.06. The van der Waals surface area contributed by atoms with E-state index in [1.165, 1.54) is 11.5 Å². The lowest BCUT2D eigenvalue weighted by Crippen LogP contribution is -2.44. The Morgan fingerprint density at radius 1 is 1.37 bits per heavy atom. The van der Waals surface area contributed by atoms with Crippen molar-refractivity contribution in [3.05, 3.63) is 10.4 Å². The Morgan fingerprint density at radius 2 is 2.07 bits per heavy atom. The Bertz CT molecular complexity index is 976. The van der Waals surface area contributed by atoms with Crippen LogP contribution < -0.4 is 21.1 Å². The number of aromatic nitrogens is 4. The summed E-state index contributed by atoms with van der Waals surface area (Å²) in [5, 5.41) is 15.1. The highest BCUT2D eigenvalue weighted by Crippen LogP contribution is 2.21. The van der Waals surface area contributed by atoms with Crippen LogP contribution in [0.2, 0.25) is 0 Å². The molecule has 0 radical (unpaired) electrons. The average Bonchev–Trinajstić information content (AvgIpc) is 3.03. The van der Waals surface area contributed by atoms with Crippen molar-refractivity contribution in [3.8, 4) is 11.8 Å². The van der Waals surface area contributed by atoms with Crippen molar-refractivity contribution >= 4 is 29.0 Å². The van der Waals surface area contributed by atoms with Gasteiger partial charge in [-0.2, -0.15) is 9.97 Å². The lowest BCUT2D eigenvalue weighted by molar-refractivity contribution is -0.137. The molecule has 2 aromatic heterocycles. The number of hydrogen-bond acceptors (Lipinski definition) is 7. The maximum absolute atomic E-state index is 13.0. The van der Waals surface area contributed by atoms with Gasteiger partial charge in [0.15, 0.2) is 11.2 Å². The molecule has 1 aliphatic rings. The minimum atomic E-state index is -1.03. The largest absolute Gasteiger partial charge is 0.480 e. The van der Waals surface area contributed by atoms with Gasteiger partial charge in [-0.3, -0.25) is 18.7 Å². The molecular weight excluding hydrogens is 350 g/mol. The van der Waals surface area contributed by atoms with Gasteiger partial charge in [-0.25, -0.2) is 0 Å². The van der Waals surface area contributed by atoms with Gasteiger partial charge in [0.05, 0.1) is 6.54 Å². The molecule has 1 fully saturated rings. The molecule has 1 atom stereocenters. The van der Waals surface area contributed by atoms with Gasteiger partial charge in [0.1, 0.15) is 6.04 Å². The number of hydrogen-bond donors (Lipinski definition) is 3. The number of nitrogens with zero attached hydrogens (tertiary/aromatic N) is 5. The molecule has 10 heteroatoms. The van der Waals surface area contributed by atoms with E-state index in [9.17, 15) is 9.59 Å². The molecule has 0 saturated carbocycles. The molecule has 3 N–H and O–H groups in total. The fraction of sp³-hybridized carbons (Fsp3) is 0.529. The van der Waals surface area contributed by atoms with Gasteiger partial charge < -0.3 is 20.6 Å². The lowest BCUT2D eigenvalue weighted by atomic mass is 10.3. The van der Waals surface area contributed by atoms with Crippen molar-refractivity contribution < 1.29 is 9.90 Å². The molecule has 0 aliphatic carbocycles. The molecule has 27 heavy (non-hydrogen) atoms. The number of carboxylic acids is 1. The Balaban J connectivity index is 2.15. The van der Waals surface area contributed by atoms with Gasteiger partial charge in [0.2, 0.25) is 11.9 Å². The molecule has 0 bridgehead atoms. The molecular formula is C17H23N7O3. The minimum absolute atomic E-state index is 0.167. The summed E-state index contributed by atoms with van der Waals surface area (Å²) in [6.45, 7) is 6.76. The second kappa shape index (κ2) is 7.67. The first-order chi connectivity index (χ1) is 12.9. The van der Waals surface area contributed by atoms with Crippen LogP contribution in [-0.2, 0) is 18.4 Å².